The number of benzene rings is 1. The number of halogens is 2. The van der Waals surface area contributed by atoms with Crippen LogP contribution in [-0.4, -0.2) is 45.0 Å². The summed E-state index contributed by atoms with van der Waals surface area (Å²) in [5.41, 5.74) is 2.38. The van der Waals surface area contributed by atoms with Crippen LogP contribution < -0.4 is 15.1 Å². The number of carbonyl (C=O) groups excluding carboxylic acids is 1. The van der Waals surface area contributed by atoms with E-state index in [0.29, 0.717) is 29.7 Å². The molecule has 0 saturated carbocycles. The van der Waals surface area contributed by atoms with Gasteiger partial charge in [-0.2, -0.15) is 5.10 Å². The van der Waals surface area contributed by atoms with E-state index >= 15 is 0 Å². The molecule has 1 aromatic heterocycles. The molecule has 1 aliphatic heterocycles. The van der Waals surface area contributed by atoms with E-state index in [1.54, 1.807) is 30.3 Å². The number of para-hydroxylation sites is 1. The molecule has 138 valence electrons. The van der Waals surface area contributed by atoms with E-state index in [-0.39, 0.29) is 6.61 Å². The third kappa shape index (κ3) is 5.00. The molecule has 0 atom stereocenters. The van der Waals surface area contributed by atoms with Gasteiger partial charge in [0.05, 0.1) is 28.9 Å². The fourth-order valence-electron chi connectivity index (χ4n) is 2.33. The Labute approximate surface area is 164 Å². The molecule has 2 heterocycles. The van der Waals surface area contributed by atoms with Crippen LogP contribution in [0.5, 0.6) is 5.75 Å². The molecule has 0 spiro atoms. The van der Waals surface area contributed by atoms with Gasteiger partial charge in [0.15, 0.2) is 12.4 Å². The van der Waals surface area contributed by atoms with Crippen molar-refractivity contribution in [1.82, 2.24) is 5.43 Å². The number of nitrogens with zero attached hydrogens (tertiary/aromatic N) is 2. The Bertz CT molecular complexity index is 790. The van der Waals surface area contributed by atoms with Gasteiger partial charge in [-0.1, -0.05) is 23.7 Å². The Morgan fingerprint density at radius 1 is 1.38 bits per heavy atom. The first-order valence-corrected chi connectivity index (χ1v) is 9.12. The van der Waals surface area contributed by atoms with Crippen LogP contribution in [0.3, 0.4) is 0 Å². The Morgan fingerprint density at radius 3 is 2.92 bits per heavy atom. The lowest BCUT2D eigenvalue weighted by Gasteiger charge is -2.26. The van der Waals surface area contributed by atoms with Crippen LogP contribution in [0, 0.1) is 0 Å². The number of hydrazone groups is 1. The quantitative estimate of drug-likeness (QED) is 0.550. The van der Waals surface area contributed by atoms with Gasteiger partial charge < -0.3 is 18.8 Å². The van der Waals surface area contributed by atoms with Crippen LogP contribution in [0.1, 0.15) is 5.76 Å². The van der Waals surface area contributed by atoms with Crippen molar-refractivity contribution in [3.8, 4) is 5.75 Å². The smallest absolute Gasteiger partial charge is 0.277 e. The minimum absolute atomic E-state index is 0.193. The molecular weight excluding hydrogens is 426 g/mol. The van der Waals surface area contributed by atoms with Crippen molar-refractivity contribution in [3.05, 3.63) is 45.6 Å². The second-order valence-corrected chi connectivity index (χ2v) is 6.68. The Hall–Kier alpha value is -2.03. The van der Waals surface area contributed by atoms with E-state index in [1.807, 2.05) is 0 Å². The van der Waals surface area contributed by atoms with Crippen LogP contribution in [0.25, 0.3) is 0 Å². The average molecular weight is 443 g/mol. The van der Waals surface area contributed by atoms with Gasteiger partial charge in [-0.3, -0.25) is 4.79 Å². The van der Waals surface area contributed by atoms with Crippen LogP contribution >= 0.6 is 27.5 Å². The summed E-state index contributed by atoms with van der Waals surface area (Å²) in [6.07, 6.45) is 1.43. The molecule has 0 unspecified atom stereocenters. The van der Waals surface area contributed by atoms with Crippen molar-refractivity contribution in [2.75, 3.05) is 37.8 Å². The van der Waals surface area contributed by atoms with Crippen molar-refractivity contribution in [3.63, 3.8) is 0 Å². The second kappa shape index (κ2) is 9.07. The number of morpholine rings is 1. The van der Waals surface area contributed by atoms with E-state index in [1.165, 1.54) is 6.21 Å². The van der Waals surface area contributed by atoms with Crippen LogP contribution in [0.4, 0.5) is 5.88 Å². The fraction of sp³-hybridized carbons (Fsp3) is 0.294. The van der Waals surface area contributed by atoms with Crippen LogP contribution in [0.15, 0.2) is 44.3 Å². The lowest BCUT2D eigenvalue weighted by Crippen LogP contribution is -2.36. The normalized spacial score (nSPS) is 14.6. The third-order valence-electron chi connectivity index (χ3n) is 3.56. The molecule has 1 fully saturated rings. The van der Waals surface area contributed by atoms with Gasteiger partial charge in [-0.25, -0.2) is 5.43 Å². The summed E-state index contributed by atoms with van der Waals surface area (Å²) in [4.78, 5) is 13.9. The first kappa shape index (κ1) is 18.8. The third-order valence-corrected chi connectivity index (χ3v) is 4.44. The highest BCUT2D eigenvalue weighted by Gasteiger charge is 2.18. The van der Waals surface area contributed by atoms with Gasteiger partial charge in [0, 0.05) is 19.2 Å². The lowest BCUT2D eigenvalue weighted by molar-refractivity contribution is -0.123. The molecule has 3 rings (SSSR count). The summed E-state index contributed by atoms with van der Waals surface area (Å²) in [7, 11) is 0. The second-order valence-electron chi connectivity index (χ2n) is 5.41. The summed E-state index contributed by atoms with van der Waals surface area (Å²) in [6.45, 7) is 2.66. The number of furan rings is 1. The zero-order valence-electron chi connectivity index (χ0n) is 13.8. The van der Waals surface area contributed by atoms with Crippen molar-refractivity contribution in [2.24, 2.45) is 5.10 Å². The summed E-state index contributed by atoms with van der Waals surface area (Å²) in [5, 5.41) is 4.32. The molecule has 1 aromatic carbocycles. The standard InChI is InChI=1S/C17H17BrClN3O4/c18-13-9-12(26-17(13)22-5-7-24-8-6-22)10-20-21-16(23)11-25-15-4-2-1-3-14(15)19/h1-4,9-10H,5-8,11H2,(H,21,23)/b20-10+. The van der Waals surface area contributed by atoms with E-state index < -0.39 is 5.91 Å². The summed E-state index contributed by atoms with van der Waals surface area (Å²) < 4.78 is 17.2. The predicted octanol–water partition coefficient (Wildman–Crippen LogP) is 3.06. The number of ether oxygens (including phenoxy) is 2. The molecule has 9 heteroatoms. The molecule has 0 bridgehead atoms. The van der Waals surface area contributed by atoms with Crippen molar-refractivity contribution in [2.45, 2.75) is 0 Å². The highest BCUT2D eigenvalue weighted by atomic mass is 79.9. The van der Waals surface area contributed by atoms with Crippen LogP contribution in [0.2, 0.25) is 5.02 Å². The number of anilines is 1. The van der Waals surface area contributed by atoms with Gasteiger partial charge in [-0.05, 0) is 28.1 Å². The Kier molecular flexibility index (Phi) is 6.54. The number of amides is 1. The molecule has 1 saturated heterocycles. The minimum atomic E-state index is -0.403. The Morgan fingerprint density at radius 2 is 2.15 bits per heavy atom. The van der Waals surface area contributed by atoms with E-state index in [9.17, 15) is 4.79 Å². The zero-order valence-corrected chi connectivity index (χ0v) is 16.1. The molecule has 1 N–H and O–H groups in total. The molecule has 2 aromatic rings. The average Bonchev–Trinajstić information content (AvgIpc) is 3.02. The SMILES string of the molecule is O=C(COc1ccccc1Cl)N/N=C/c1cc(Br)c(N2CCOCC2)o1. The number of hydrogen-bond acceptors (Lipinski definition) is 6. The zero-order chi connectivity index (χ0) is 18.4. The maximum atomic E-state index is 11.8. The number of carbonyl (C=O) groups is 1. The monoisotopic (exact) mass is 441 g/mol. The largest absolute Gasteiger partial charge is 0.482 e. The van der Waals surface area contributed by atoms with Crippen molar-refractivity contribution >= 4 is 45.5 Å². The van der Waals surface area contributed by atoms with Gasteiger partial charge in [0.2, 0.25) is 5.88 Å². The number of rotatable bonds is 6. The highest BCUT2D eigenvalue weighted by Crippen LogP contribution is 2.30. The van der Waals surface area contributed by atoms with Crippen molar-refractivity contribution < 1.29 is 18.7 Å². The molecule has 7 nitrogen and oxygen atoms in total. The summed E-state index contributed by atoms with van der Waals surface area (Å²) in [6, 6.07) is 8.73. The van der Waals surface area contributed by atoms with Gasteiger partial charge >= 0.3 is 0 Å². The topological polar surface area (TPSA) is 76.3 Å². The first-order chi connectivity index (χ1) is 12.6. The number of nitrogens with one attached hydrogen (secondary N) is 1. The van der Waals surface area contributed by atoms with E-state index in [4.69, 9.17) is 25.5 Å². The highest BCUT2D eigenvalue weighted by molar-refractivity contribution is 9.10. The van der Waals surface area contributed by atoms with Gasteiger partial charge in [0.1, 0.15) is 5.75 Å². The van der Waals surface area contributed by atoms with Crippen molar-refractivity contribution in [1.29, 1.82) is 0 Å². The Balaban J connectivity index is 1.50. The fourth-order valence-corrected chi connectivity index (χ4v) is 3.08. The minimum Gasteiger partial charge on any atom is -0.482 e. The summed E-state index contributed by atoms with van der Waals surface area (Å²) in [5.74, 6) is 1.28. The molecule has 0 aliphatic carbocycles. The molecule has 1 aliphatic rings. The van der Waals surface area contributed by atoms with E-state index in [2.05, 4.69) is 31.4 Å². The molecule has 0 radical (unpaired) electrons. The van der Waals surface area contributed by atoms with Gasteiger partial charge in [-0.15, -0.1) is 0 Å². The van der Waals surface area contributed by atoms with Crippen LogP contribution in [-0.2, 0) is 9.53 Å². The molecular formula is C17H17BrClN3O4. The first-order valence-electron chi connectivity index (χ1n) is 7.95. The van der Waals surface area contributed by atoms with E-state index in [0.717, 1.165) is 23.4 Å². The summed E-state index contributed by atoms with van der Waals surface area (Å²) >= 11 is 9.43. The predicted molar refractivity (Wildman–Crippen MR) is 102 cm³/mol. The maximum absolute atomic E-state index is 11.8. The lowest BCUT2D eigenvalue weighted by atomic mass is 10.3. The van der Waals surface area contributed by atoms with Gasteiger partial charge in [0.25, 0.3) is 5.91 Å². The molecule has 1 amide bonds. The maximum Gasteiger partial charge on any atom is 0.277 e. The number of hydrogen-bond donors (Lipinski definition) is 1. The molecule has 26 heavy (non-hydrogen) atoms.